The number of aromatic nitrogens is 2. The Balaban J connectivity index is 2.87. The summed E-state index contributed by atoms with van der Waals surface area (Å²) in [6, 6.07) is 2.66. The molecule has 0 aliphatic rings. The Hall–Kier alpha value is -0.830. The zero-order chi connectivity index (χ0) is 12.8. The molecule has 98 valence electrons. The van der Waals surface area contributed by atoms with E-state index in [0.717, 1.165) is 24.7 Å². The van der Waals surface area contributed by atoms with Crippen molar-refractivity contribution in [2.75, 3.05) is 6.54 Å². The standard InChI is InChI=1S/C14H27N3/c1-6-11(4)9-13(15-7-2)14-10-12(5)16-17(14)8-3/h10-11,13,15H,6-9H2,1-5H3. The second-order valence-electron chi connectivity index (χ2n) is 4.89. The third kappa shape index (κ3) is 3.84. The van der Waals surface area contributed by atoms with E-state index in [1.165, 1.54) is 18.5 Å². The van der Waals surface area contributed by atoms with Crippen LogP contribution in [-0.2, 0) is 6.54 Å². The van der Waals surface area contributed by atoms with E-state index in [1.54, 1.807) is 0 Å². The first kappa shape index (κ1) is 14.2. The molecule has 2 atom stereocenters. The molecule has 0 saturated carbocycles. The number of aryl methyl sites for hydroxylation is 2. The highest BCUT2D eigenvalue weighted by atomic mass is 15.3. The first-order valence-electron chi connectivity index (χ1n) is 6.90. The predicted octanol–water partition coefficient (Wildman–Crippen LogP) is 3.30. The highest BCUT2D eigenvalue weighted by Gasteiger charge is 2.18. The van der Waals surface area contributed by atoms with Gasteiger partial charge in [-0.15, -0.1) is 0 Å². The lowest BCUT2D eigenvalue weighted by atomic mass is 9.97. The van der Waals surface area contributed by atoms with Crippen molar-refractivity contribution >= 4 is 0 Å². The fraction of sp³-hybridized carbons (Fsp3) is 0.786. The lowest BCUT2D eigenvalue weighted by Gasteiger charge is -2.22. The predicted molar refractivity (Wildman–Crippen MR) is 73.1 cm³/mol. The van der Waals surface area contributed by atoms with Crippen LogP contribution in [0.4, 0.5) is 0 Å². The summed E-state index contributed by atoms with van der Waals surface area (Å²) < 4.78 is 2.13. The van der Waals surface area contributed by atoms with Gasteiger partial charge in [0.05, 0.1) is 11.4 Å². The average Bonchev–Trinajstić information content (AvgIpc) is 2.69. The lowest BCUT2D eigenvalue weighted by Crippen LogP contribution is -2.25. The largest absolute Gasteiger partial charge is 0.309 e. The highest BCUT2D eigenvalue weighted by Crippen LogP contribution is 2.23. The normalized spacial score (nSPS) is 14.9. The van der Waals surface area contributed by atoms with Crippen LogP contribution in [0.3, 0.4) is 0 Å². The van der Waals surface area contributed by atoms with Crippen molar-refractivity contribution in [1.82, 2.24) is 15.1 Å². The van der Waals surface area contributed by atoms with Gasteiger partial charge < -0.3 is 5.32 Å². The lowest BCUT2D eigenvalue weighted by molar-refractivity contribution is 0.387. The maximum Gasteiger partial charge on any atom is 0.0597 e. The zero-order valence-electron chi connectivity index (χ0n) is 12.0. The highest BCUT2D eigenvalue weighted by molar-refractivity contribution is 5.13. The molecule has 0 aliphatic heterocycles. The molecule has 0 aliphatic carbocycles. The van der Waals surface area contributed by atoms with Crippen LogP contribution in [0.15, 0.2) is 6.07 Å². The first-order valence-corrected chi connectivity index (χ1v) is 6.90. The van der Waals surface area contributed by atoms with Crippen molar-refractivity contribution in [3.63, 3.8) is 0 Å². The van der Waals surface area contributed by atoms with E-state index in [1.807, 2.05) is 0 Å². The van der Waals surface area contributed by atoms with E-state index in [0.29, 0.717) is 6.04 Å². The Bertz CT molecular complexity index is 330. The van der Waals surface area contributed by atoms with Gasteiger partial charge in [-0.3, -0.25) is 4.68 Å². The van der Waals surface area contributed by atoms with E-state index in [9.17, 15) is 0 Å². The first-order chi connectivity index (χ1) is 8.12. The summed E-state index contributed by atoms with van der Waals surface area (Å²) in [5.41, 5.74) is 2.46. The smallest absolute Gasteiger partial charge is 0.0597 e. The topological polar surface area (TPSA) is 29.9 Å². The number of rotatable bonds is 7. The molecule has 1 heterocycles. The number of nitrogens with zero attached hydrogens (tertiary/aromatic N) is 2. The number of nitrogens with one attached hydrogen (secondary N) is 1. The fourth-order valence-electron chi connectivity index (χ4n) is 2.22. The van der Waals surface area contributed by atoms with Crippen molar-refractivity contribution < 1.29 is 0 Å². The monoisotopic (exact) mass is 237 g/mol. The minimum Gasteiger partial charge on any atom is -0.309 e. The zero-order valence-corrected chi connectivity index (χ0v) is 12.0. The van der Waals surface area contributed by atoms with E-state index >= 15 is 0 Å². The number of hydrogen-bond donors (Lipinski definition) is 1. The Labute approximate surface area is 106 Å². The molecule has 17 heavy (non-hydrogen) atoms. The van der Waals surface area contributed by atoms with Gasteiger partial charge in [-0.05, 0) is 38.8 Å². The summed E-state index contributed by atoms with van der Waals surface area (Å²) in [4.78, 5) is 0. The summed E-state index contributed by atoms with van der Waals surface area (Å²) in [7, 11) is 0. The SMILES string of the molecule is CCNC(CC(C)CC)c1cc(C)nn1CC. The molecule has 2 unspecified atom stereocenters. The molecule has 3 nitrogen and oxygen atoms in total. The Morgan fingerprint density at radius 1 is 1.35 bits per heavy atom. The van der Waals surface area contributed by atoms with Gasteiger partial charge in [0.2, 0.25) is 0 Å². The molecule has 1 aromatic rings. The van der Waals surface area contributed by atoms with Crippen LogP contribution in [0.25, 0.3) is 0 Å². The molecule has 0 saturated heterocycles. The van der Waals surface area contributed by atoms with Gasteiger partial charge in [-0.1, -0.05) is 27.2 Å². The van der Waals surface area contributed by atoms with Gasteiger partial charge in [-0.25, -0.2) is 0 Å². The molecular formula is C14H27N3. The van der Waals surface area contributed by atoms with Gasteiger partial charge in [-0.2, -0.15) is 5.10 Å². The van der Waals surface area contributed by atoms with Crippen molar-refractivity contribution in [1.29, 1.82) is 0 Å². The second-order valence-corrected chi connectivity index (χ2v) is 4.89. The summed E-state index contributed by atoms with van der Waals surface area (Å²) in [6.07, 6.45) is 2.43. The molecule has 0 fully saturated rings. The van der Waals surface area contributed by atoms with Crippen LogP contribution in [0.2, 0.25) is 0 Å². The summed E-state index contributed by atoms with van der Waals surface area (Å²) >= 11 is 0. The Kier molecular flexibility index (Phi) is 5.69. The number of hydrogen-bond acceptors (Lipinski definition) is 2. The van der Waals surface area contributed by atoms with E-state index in [2.05, 4.69) is 55.8 Å². The average molecular weight is 237 g/mol. The van der Waals surface area contributed by atoms with Crippen molar-refractivity contribution in [2.24, 2.45) is 5.92 Å². The van der Waals surface area contributed by atoms with E-state index in [4.69, 9.17) is 0 Å². The van der Waals surface area contributed by atoms with E-state index in [-0.39, 0.29) is 0 Å². The van der Waals surface area contributed by atoms with Crippen molar-refractivity contribution in [2.45, 2.75) is 60.0 Å². The van der Waals surface area contributed by atoms with Gasteiger partial charge in [0.1, 0.15) is 0 Å². The van der Waals surface area contributed by atoms with Crippen LogP contribution < -0.4 is 5.32 Å². The van der Waals surface area contributed by atoms with Gasteiger partial charge in [0.25, 0.3) is 0 Å². The maximum atomic E-state index is 4.54. The van der Waals surface area contributed by atoms with Gasteiger partial charge in [0.15, 0.2) is 0 Å². The molecule has 1 rings (SSSR count). The molecule has 1 N–H and O–H groups in total. The van der Waals surface area contributed by atoms with Crippen LogP contribution in [-0.4, -0.2) is 16.3 Å². The third-order valence-corrected chi connectivity index (χ3v) is 3.38. The van der Waals surface area contributed by atoms with Crippen LogP contribution in [0.5, 0.6) is 0 Å². The van der Waals surface area contributed by atoms with Gasteiger partial charge >= 0.3 is 0 Å². The molecule has 0 amide bonds. The molecule has 1 aromatic heterocycles. The molecule has 3 heteroatoms. The fourth-order valence-corrected chi connectivity index (χ4v) is 2.22. The summed E-state index contributed by atoms with van der Waals surface area (Å²) in [6.45, 7) is 12.9. The minimum atomic E-state index is 0.441. The summed E-state index contributed by atoms with van der Waals surface area (Å²) in [5, 5.41) is 8.13. The minimum absolute atomic E-state index is 0.441. The molecule has 0 bridgehead atoms. The Morgan fingerprint density at radius 3 is 2.59 bits per heavy atom. The maximum absolute atomic E-state index is 4.54. The van der Waals surface area contributed by atoms with Crippen molar-refractivity contribution in [3.05, 3.63) is 17.5 Å². The molecule has 0 spiro atoms. The molecule has 0 radical (unpaired) electrons. The Morgan fingerprint density at radius 2 is 2.06 bits per heavy atom. The van der Waals surface area contributed by atoms with Crippen molar-refractivity contribution in [3.8, 4) is 0 Å². The van der Waals surface area contributed by atoms with E-state index < -0.39 is 0 Å². The van der Waals surface area contributed by atoms with Crippen LogP contribution in [0, 0.1) is 12.8 Å². The van der Waals surface area contributed by atoms with Crippen LogP contribution >= 0.6 is 0 Å². The van der Waals surface area contributed by atoms with Gasteiger partial charge in [0, 0.05) is 12.6 Å². The third-order valence-electron chi connectivity index (χ3n) is 3.38. The molecular weight excluding hydrogens is 210 g/mol. The second kappa shape index (κ2) is 6.80. The molecule has 0 aromatic carbocycles. The summed E-state index contributed by atoms with van der Waals surface area (Å²) in [5.74, 6) is 0.750. The quantitative estimate of drug-likeness (QED) is 0.788. The van der Waals surface area contributed by atoms with Crippen LogP contribution in [0.1, 0.15) is 58.0 Å².